The summed E-state index contributed by atoms with van der Waals surface area (Å²) in [5.41, 5.74) is 3.95. The molecule has 2 aromatic rings. The molecular formula is C28H38O8. The maximum absolute atomic E-state index is 9.89. The van der Waals surface area contributed by atoms with Crippen molar-refractivity contribution < 1.29 is 38.6 Å². The Morgan fingerprint density at radius 3 is 1.44 bits per heavy atom. The molecule has 0 spiro atoms. The second-order valence-corrected chi connectivity index (χ2v) is 7.94. The molecule has 0 bridgehead atoms. The minimum absolute atomic E-state index is 0.00759. The first kappa shape index (κ1) is 28.9. The van der Waals surface area contributed by atoms with Gasteiger partial charge in [-0.05, 0) is 66.6 Å². The van der Waals surface area contributed by atoms with E-state index in [4.69, 9.17) is 28.4 Å². The van der Waals surface area contributed by atoms with Crippen molar-refractivity contribution in [1.82, 2.24) is 0 Å². The molecule has 2 N–H and O–H groups in total. The molecule has 2 aromatic carbocycles. The average Bonchev–Trinajstić information content (AvgIpc) is 2.90. The van der Waals surface area contributed by atoms with Crippen LogP contribution in [0.2, 0.25) is 0 Å². The van der Waals surface area contributed by atoms with Gasteiger partial charge in [-0.2, -0.15) is 0 Å². The van der Waals surface area contributed by atoms with Crippen molar-refractivity contribution in [3.63, 3.8) is 0 Å². The summed E-state index contributed by atoms with van der Waals surface area (Å²) in [5.74, 6) is 3.32. The smallest absolute Gasteiger partial charge is 0.203 e. The van der Waals surface area contributed by atoms with Crippen molar-refractivity contribution in [3.05, 3.63) is 58.7 Å². The second-order valence-electron chi connectivity index (χ2n) is 7.94. The van der Waals surface area contributed by atoms with Crippen LogP contribution in [0.15, 0.2) is 47.6 Å². The Balaban J connectivity index is 2.60. The first-order chi connectivity index (χ1) is 17.5. The molecule has 8 nitrogen and oxygen atoms in total. The third-order valence-corrected chi connectivity index (χ3v) is 5.74. The van der Waals surface area contributed by atoms with Crippen LogP contribution in [0.25, 0.3) is 0 Å². The summed E-state index contributed by atoms with van der Waals surface area (Å²) in [6.07, 6.45) is 6.04. The molecular weight excluding hydrogens is 464 g/mol. The normalized spacial score (nSPS) is 11.8. The summed E-state index contributed by atoms with van der Waals surface area (Å²) >= 11 is 0. The highest BCUT2D eigenvalue weighted by molar-refractivity contribution is 5.56. The van der Waals surface area contributed by atoms with Crippen LogP contribution in [0.5, 0.6) is 34.5 Å². The van der Waals surface area contributed by atoms with Gasteiger partial charge < -0.3 is 38.6 Å². The molecule has 0 aliphatic carbocycles. The molecule has 0 aromatic heterocycles. The van der Waals surface area contributed by atoms with E-state index in [1.165, 1.54) is 0 Å². The quantitative estimate of drug-likeness (QED) is 0.351. The molecule has 0 unspecified atom stereocenters. The predicted molar refractivity (Wildman–Crippen MR) is 139 cm³/mol. The zero-order chi connectivity index (χ0) is 26.5. The van der Waals surface area contributed by atoms with E-state index in [1.54, 1.807) is 42.7 Å². The fourth-order valence-electron chi connectivity index (χ4n) is 4.04. The topological polar surface area (TPSA) is 95.8 Å². The largest absolute Gasteiger partial charge is 0.493 e. The Bertz CT molecular complexity index is 992. The number of hydrogen-bond donors (Lipinski definition) is 2. The van der Waals surface area contributed by atoms with Crippen LogP contribution < -0.4 is 28.4 Å². The summed E-state index contributed by atoms with van der Waals surface area (Å²) < 4.78 is 33.0. The minimum Gasteiger partial charge on any atom is -0.493 e. The molecule has 36 heavy (non-hydrogen) atoms. The van der Waals surface area contributed by atoms with Gasteiger partial charge in [0.1, 0.15) is 0 Å². The van der Waals surface area contributed by atoms with Gasteiger partial charge in [-0.25, -0.2) is 0 Å². The molecule has 0 aliphatic rings. The van der Waals surface area contributed by atoms with E-state index in [9.17, 15) is 10.2 Å². The number of allylic oxidation sites excluding steroid dienone is 2. The van der Waals surface area contributed by atoms with Crippen LogP contribution in [0, 0.1) is 0 Å². The average molecular weight is 503 g/mol. The Morgan fingerprint density at radius 2 is 1.08 bits per heavy atom. The monoisotopic (exact) mass is 502 g/mol. The van der Waals surface area contributed by atoms with Crippen molar-refractivity contribution in [3.8, 4) is 34.5 Å². The highest BCUT2D eigenvalue weighted by Gasteiger charge is 2.17. The van der Waals surface area contributed by atoms with E-state index in [-0.39, 0.29) is 13.2 Å². The van der Waals surface area contributed by atoms with E-state index in [1.807, 2.05) is 36.4 Å². The maximum Gasteiger partial charge on any atom is 0.203 e. The summed E-state index contributed by atoms with van der Waals surface area (Å²) in [4.78, 5) is 0. The number of benzene rings is 2. The summed E-state index contributed by atoms with van der Waals surface area (Å²) in [6, 6.07) is 7.65. The first-order valence-corrected chi connectivity index (χ1v) is 11.7. The number of ether oxygens (including phenoxy) is 6. The zero-order valence-electron chi connectivity index (χ0n) is 22.1. The van der Waals surface area contributed by atoms with E-state index >= 15 is 0 Å². The molecule has 0 amide bonds. The fraction of sp³-hybridized carbons (Fsp3) is 0.429. The molecule has 0 heterocycles. The molecule has 0 radical (unpaired) electrons. The van der Waals surface area contributed by atoms with Crippen LogP contribution in [-0.4, -0.2) is 66.1 Å². The first-order valence-electron chi connectivity index (χ1n) is 11.7. The number of aliphatic hydroxyl groups is 2. The van der Waals surface area contributed by atoms with Crippen molar-refractivity contribution >= 4 is 0 Å². The van der Waals surface area contributed by atoms with Gasteiger partial charge in [-0.15, -0.1) is 0 Å². The molecule has 8 heteroatoms. The van der Waals surface area contributed by atoms with Crippen molar-refractivity contribution in [2.75, 3.05) is 55.9 Å². The Morgan fingerprint density at radius 1 is 0.639 bits per heavy atom. The van der Waals surface area contributed by atoms with Crippen LogP contribution in [-0.2, 0) is 12.8 Å². The summed E-state index contributed by atoms with van der Waals surface area (Å²) in [5, 5.41) is 19.2. The zero-order valence-corrected chi connectivity index (χ0v) is 22.1. The molecule has 198 valence electrons. The van der Waals surface area contributed by atoms with Crippen molar-refractivity contribution in [1.29, 1.82) is 0 Å². The lowest BCUT2D eigenvalue weighted by molar-refractivity contribution is 0.297. The standard InChI is InChI=1S/C28H38O8/c1-31-23-15-19(16-24(32-2)27(23)35-5)13-21(9-7-8-11-29)22(10-12-30)14-20-17-25(33-3)28(36-6)26(18-20)34-4/h7,9,15-18,29-30H,8,10-14H2,1-6H3/b9-7+,22-21+. The van der Waals surface area contributed by atoms with E-state index in [0.717, 1.165) is 22.3 Å². The van der Waals surface area contributed by atoms with Gasteiger partial charge >= 0.3 is 0 Å². The van der Waals surface area contributed by atoms with Crippen molar-refractivity contribution in [2.45, 2.75) is 25.7 Å². The maximum atomic E-state index is 9.89. The number of rotatable bonds is 15. The lowest BCUT2D eigenvalue weighted by Crippen LogP contribution is -2.04. The third-order valence-electron chi connectivity index (χ3n) is 5.74. The molecule has 2 rings (SSSR count). The van der Waals surface area contributed by atoms with Crippen LogP contribution in [0.3, 0.4) is 0 Å². The SMILES string of the molecule is COc1cc(CC(/C=C/CCO)=C(\CCO)Cc2cc(OC)c(OC)c(OC)c2)cc(OC)c1OC. The molecule has 0 aliphatic heterocycles. The van der Waals surface area contributed by atoms with E-state index < -0.39 is 0 Å². The fourth-order valence-corrected chi connectivity index (χ4v) is 4.04. The Kier molecular flexibility index (Phi) is 12.0. The van der Waals surface area contributed by atoms with Gasteiger partial charge in [0, 0.05) is 13.2 Å². The second kappa shape index (κ2) is 14.9. The third kappa shape index (κ3) is 7.32. The lowest BCUT2D eigenvalue weighted by atomic mass is 9.92. The Labute approximate surface area is 213 Å². The van der Waals surface area contributed by atoms with E-state index in [2.05, 4.69) is 0 Å². The predicted octanol–water partition coefficient (Wildman–Crippen LogP) is 4.14. The molecule has 0 saturated heterocycles. The van der Waals surface area contributed by atoms with Crippen LogP contribution in [0.4, 0.5) is 0 Å². The van der Waals surface area contributed by atoms with Gasteiger partial charge in [0.25, 0.3) is 0 Å². The van der Waals surface area contributed by atoms with Gasteiger partial charge in [0.05, 0.1) is 42.7 Å². The molecule has 0 fully saturated rings. The lowest BCUT2D eigenvalue weighted by Gasteiger charge is -2.18. The highest BCUT2D eigenvalue weighted by atomic mass is 16.5. The van der Waals surface area contributed by atoms with Gasteiger partial charge in [0.15, 0.2) is 23.0 Å². The number of aliphatic hydroxyl groups excluding tert-OH is 2. The van der Waals surface area contributed by atoms with Crippen LogP contribution in [0.1, 0.15) is 24.0 Å². The van der Waals surface area contributed by atoms with Crippen LogP contribution >= 0.6 is 0 Å². The number of methoxy groups -OCH3 is 6. The number of hydrogen-bond acceptors (Lipinski definition) is 8. The summed E-state index contributed by atoms with van der Waals surface area (Å²) in [6.45, 7) is 0.0442. The van der Waals surface area contributed by atoms with Gasteiger partial charge in [0.2, 0.25) is 11.5 Å². The Hall–Kier alpha value is -3.36. The van der Waals surface area contributed by atoms with E-state index in [0.29, 0.717) is 60.2 Å². The molecule has 0 saturated carbocycles. The highest BCUT2D eigenvalue weighted by Crippen LogP contribution is 2.40. The van der Waals surface area contributed by atoms with Gasteiger partial charge in [-0.3, -0.25) is 0 Å². The molecule has 0 atom stereocenters. The summed E-state index contributed by atoms with van der Waals surface area (Å²) in [7, 11) is 9.47. The van der Waals surface area contributed by atoms with Gasteiger partial charge in [-0.1, -0.05) is 17.7 Å². The van der Waals surface area contributed by atoms with Crippen molar-refractivity contribution in [2.24, 2.45) is 0 Å². The minimum atomic E-state index is -0.00759.